The molecule has 3 N–H and O–H groups in total. The van der Waals surface area contributed by atoms with Crippen LogP contribution in [0.25, 0.3) is 0 Å². The van der Waals surface area contributed by atoms with Crippen LogP contribution >= 0.6 is 0 Å². The summed E-state index contributed by atoms with van der Waals surface area (Å²) in [4.78, 5) is 22.9. The molecule has 3 aromatic carbocycles. The number of para-hydroxylation sites is 2. The van der Waals surface area contributed by atoms with Gasteiger partial charge in [-0.1, -0.05) is 36.4 Å². The SMILES string of the molecule is COc1cccc(/C=N/NC(=O)Nc2ccccc2)c1OCc1ccc(C(=O)O)cc1. The molecule has 3 rings (SSSR count). The molecule has 0 saturated heterocycles. The van der Waals surface area contributed by atoms with Crippen molar-refractivity contribution in [3.8, 4) is 11.5 Å². The van der Waals surface area contributed by atoms with Crippen molar-refractivity contribution in [2.75, 3.05) is 12.4 Å². The Bertz CT molecular complexity index is 1070. The third-order valence-corrected chi connectivity index (χ3v) is 4.21. The molecule has 0 unspecified atom stereocenters. The quantitative estimate of drug-likeness (QED) is 0.376. The Labute approximate surface area is 179 Å². The normalized spacial score (nSPS) is 10.5. The highest BCUT2D eigenvalue weighted by Crippen LogP contribution is 2.30. The molecule has 0 spiro atoms. The predicted octanol–water partition coefficient (Wildman–Crippen LogP) is 4.13. The van der Waals surface area contributed by atoms with Crippen LogP contribution in [0.5, 0.6) is 11.5 Å². The van der Waals surface area contributed by atoms with Crippen LogP contribution in [0, 0.1) is 0 Å². The van der Waals surface area contributed by atoms with Crippen molar-refractivity contribution >= 4 is 23.9 Å². The molecule has 31 heavy (non-hydrogen) atoms. The van der Waals surface area contributed by atoms with Gasteiger partial charge in [-0.25, -0.2) is 15.0 Å². The minimum atomic E-state index is -0.987. The van der Waals surface area contributed by atoms with E-state index in [4.69, 9.17) is 14.6 Å². The molecule has 8 nitrogen and oxygen atoms in total. The summed E-state index contributed by atoms with van der Waals surface area (Å²) in [6, 6.07) is 20.2. The summed E-state index contributed by atoms with van der Waals surface area (Å²) in [6.07, 6.45) is 1.45. The number of urea groups is 1. The number of nitrogens with one attached hydrogen (secondary N) is 2. The molecule has 0 aliphatic rings. The summed E-state index contributed by atoms with van der Waals surface area (Å²) < 4.78 is 11.3. The minimum Gasteiger partial charge on any atom is -0.493 e. The third kappa shape index (κ3) is 6.07. The van der Waals surface area contributed by atoms with Crippen LogP contribution < -0.4 is 20.2 Å². The van der Waals surface area contributed by atoms with E-state index in [0.717, 1.165) is 5.56 Å². The second-order valence-corrected chi connectivity index (χ2v) is 6.36. The second-order valence-electron chi connectivity index (χ2n) is 6.36. The number of carbonyl (C=O) groups is 2. The standard InChI is InChI=1S/C23H21N3O5/c1-30-20-9-5-6-18(14-24-26-23(29)25-19-7-3-2-4-8-19)21(20)31-15-16-10-12-17(13-11-16)22(27)28/h2-14H,15H2,1H3,(H,27,28)(H2,25,26,29)/b24-14+. The highest BCUT2D eigenvalue weighted by Gasteiger charge is 2.10. The van der Waals surface area contributed by atoms with E-state index in [-0.39, 0.29) is 12.2 Å². The maximum absolute atomic E-state index is 12.0. The predicted molar refractivity (Wildman–Crippen MR) is 117 cm³/mol. The number of hydrogen-bond acceptors (Lipinski definition) is 5. The average molecular weight is 419 g/mol. The largest absolute Gasteiger partial charge is 0.493 e. The van der Waals surface area contributed by atoms with E-state index in [1.54, 1.807) is 42.5 Å². The first-order valence-corrected chi connectivity index (χ1v) is 9.34. The van der Waals surface area contributed by atoms with Crippen molar-refractivity contribution in [1.82, 2.24) is 5.43 Å². The summed E-state index contributed by atoms with van der Waals surface area (Å²) in [5.74, 6) is -0.0410. The van der Waals surface area contributed by atoms with Gasteiger partial charge in [0.15, 0.2) is 11.5 Å². The number of anilines is 1. The number of aromatic carboxylic acids is 1. The minimum absolute atomic E-state index is 0.197. The van der Waals surface area contributed by atoms with Gasteiger partial charge in [0.25, 0.3) is 0 Å². The summed E-state index contributed by atoms with van der Waals surface area (Å²) >= 11 is 0. The highest BCUT2D eigenvalue weighted by molar-refractivity contribution is 5.91. The number of methoxy groups -OCH3 is 1. The molecule has 0 saturated carbocycles. The highest BCUT2D eigenvalue weighted by atomic mass is 16.5. The molecule has 0 bridgehead atoms. The molecule has 0 aliphatic carbocycles. The van der Waals surface area contributed by atoms with Crippen molar-refractivity contribution in [3.63, 3.8) is 0 Å². The molecule has 0 fully saturated rings. The zero-order valence-corrected chi connectivity index (χ0v) is 16.7. The van der Waals surface area contributed by atoms with Gasteiger partial charge in [0.1, 0.15) is 6.61 Å². The number of amides is 2. The zero-order valence-electron chi connectivity index (χ0n) is 16.7. The van der Waals surface area contributed by atoms with Gasteiger partial charge in [-0.05, 0) is 42.0 Å². The molecule has 8 heteroatoms. The van der Waals surface area contributed by atoms with Gasteiger partial charge in [-0.3, -0.25) is 0 Å². The number of carboxylic acids is 1. The Kier molecular flexibility index (Phi) is 7.21. The van der Waals surface area contributed by atoms with Crippen molar-refractivity contribution in [2.45, 2.75) is 6.61 Å². The summed E-state index contributed by atoms with van der Waals surface area (Å²) in [5, 5.41) is 15.6. The third-order valence-electron chi connectivity index (χ3n) is 4.21. The van der Waals surface area contributed by atoms with Gasteiger partial charge in [-0.15, -0.1) is 0 Å². The van der Waals surface area contributed by atoms with E-state index in [2.05, 4.69) is 15.8 Å². The lowest BCUT2D eigenvalue weighted by Gasteiger charge is -2.13. The first-order valence-electron chi connectivity index (χ1n) is 9.34. The van der Waals surface area contributed by atoms with E-state index >= 15 is 0 Å². The van der Waals surface area contributed by atoms with Crippen LogP contribution in [0.15, 0.2) is 77.9 Å². The van der Waals surface area contributed by atoms with E-state index in [1.165, 1.54) is 25.5 Å². The van der Waals surface area contributed by atoms with E-state index < -0.39 is 12.0 Å². The van der Waals surface area contributed by atoms with E-state index in [0.29, 0.717) is 22.7 Å². The number of carboxylic acid groups (broad SMARTS) is 1. The first kappa shape index (κ1) is 21.4. The molecule has 2 amide bonds. The van der Waals surface area contributed by atoms with Gasteiger partial charge in [0.05, 0.1) is 18.9 Å². The molecule has 0 radical (unpaired) electrons. The van der Waals surface area contributed by atoms with Crippen molar-refractivity contribution in [1.29, 1.82) is 0 Å². The molecule has 0 heterocycles. The number of hydrogen-bond donors (Lipinski definition) is 3. The van der Waals surface area contributed by atoms with Gasteiger partial charge in [0, 0.05) is 11.3 Å². The van der Waals surface area contributed by atoms with Crippen molar-refractivity contribution < 1.29 is 24.2 Å². The molecule has 0 aliphatic heterocycles. The van der Waals surface area contributed by atoms with Gasteiger partial charge >= 0.3 is 12.0 Å². The average Bonchev–Trinajstić information content (AvgIpc) is 2.79. The molecule has 0 aromatic heterocycles. The Hall–Kier alpha value is -4.33. The summed E-state index contributed by atoms with van der Waals surface area (Å²) in [7, 11) is 1.52. The Morgan fingerprint density at radius 1 is 1.00 bits per heavy atom. The Morgan fingerprint density at radius 3 is 2.42 bits per heavy atom. The number of carbonyl (C=O) groups excluding carboxylic acids is 1. The maximum Gasteiger partial charge on any atom is 0.339 e. The van der Waals surface area contributed by atoms with E-state index in [9.17, 15) is 9.59 Å². The fraction of sp³-hybridized carbons (Fsp3) is 0.0870. The summed E-state index contributed by atoms with van der Waals surface area (Å²) in [6.45, 7) is 0.197. The fourth-order valence-corrected chi connectivity index (χ4v) is 2.69. The second kappa shape index (κ2) is 10.4. The molecule has 158 valence electrons. The van der Waals surface area contributed by atoms with Crippen LogP contribution in [0.4, 0.5) is 10.5 Å². The smallest absolute Gasteiger partial charge is 0.339 e. The van der Waals surface area contributed by atoms with Crippen LogP contribution in [0.1, 0.15) is 21.5 Å². The number of hydrazone groups is 1. The molecule has 0 atom stereocenters. The number of rotatable bonds is 8. The monoisotopic (exact) mass is 419 g/mol. The van der Waals surface area contributed by atoms with Crippen LogP contribution in [-0.4, -0.2) is 30.4 Å². The van der Waals surface area contributed by atoms with Crippen LogP contribution in [0.3, 0.4) is 0 Å². The van der Waals surface area contributed by atoms with Crippen molar-refractivity contribution in [2.24, 2.45) is 5.10 Å². The van der Waals surface area contributed by atoms with Crippen LogP contribution in [-0.2, 0) is 6.61 Å². The Balaban J connectivity index is 1.67. The lowest BCUT2D eigenvalue weighted by molar-refractivity contribution is 0.0697. The first-order chi connectivity index (χ1) is 15.1. The van der Waals surface area contributed by atoms with Gasteiger partial charge in [0.2, 0.25) is 0 Å². The number of ether oxygens (including phenoxy) is 2. The lowest BCUT2D eigenvalue weighted by atomic mass is 10.1. The molecular formula is C23H21N3O5. The summed E-state index contributed by atoms with van der Waals surface area (Å²) in [5.41, 5.74) is 4.64. The van der Waals surface area contributed by atoms with Gasteiger partial charge in [-0.2, -0.15) is 5.10 Å². The van der Waals surface area contributed by atoms with E-state index in [1.807, 2.05) is 18.2 Å². The molecular weight excluding hydrogens is 398 g/mol. The lowest BCUT2D eigenvalue weighted by Crippen LogP contribution is -2.24. The molecule has 3 aromatic rings. The van der Waals surface area contributed by atoms with Crippen molar-refractivity contribution in [3.05, 3.63) is 89.5 Å². The van der Waals surface area contributed by atoms with Gasteiger partial charge < -0.3 is 19.9 Å². The Morgan fingerprint density at radius 2 is 1.74 bits per heavy atom. The number of benzene rings is 3. The fourth-order valence-electron chi connectivity index (χ4n) is 2.69. The zero-order chi connectivity index (χ0) is 22.1. The van der Waals surface area contributed by atoms with Crippen LogP contribution in [0.2, 0.25) is 0 Å². The topological polar surface area (TPSA) is 109 Å². The number of nitrogens with zero attached hydrogens (tertiary/aromatic N) is 1. The maximum atomic E-state index is 12.0.